The van der Waals surface area contributed by atoms with Crippen molar-refractivity contribution < 1.29 is 9.59 Å². The van der Waals surface area contributed by atoms with Crippen LogP contribution in [0.4, 0.5) is 0 Å². The minimum absolute atomic E-state index is 0.157. The van der Waals surface area contributed by atoms with Crippen molar-refractivity contribution in [1.82, 2.24) is 4.90 Å². The lowest BCUT2D eigenvalue weighted by Crippen LogP contribution is -2.46. The standard InChI is InChI=1S/C12H18.C10H15NO2.C3H8/c1-5-10-7-6-8-11(9-10)12(2,3)4;1-6-7(2)9(13)11(8(6)12)10(3,4)5;1-3-2/h6-9H,5H2,1-4H3;1-5H3;3H2,1-2H3. The zero-order valence-corrected chi connectivity index (χ0v) is 20.0. The fourth-order valence-corrected chi connectivity index (χ4v) is 2.62. The second kappa shape index (κ2) is 10.6. The smallest absolute Gasteiger partial charge is 0.257 e. The van der Waals surface area contributed by atoms with Gasteiger partial charge in [-0.15, -0.1) is 0 Å². The molecule has 1 aliphatic rings. The highest BCUT2D eigenvalue weighted by Crippen LogP contribution is 2.27. The summed E-state index contributed by atoms with van der Waals surface area (Å²) >= 11 is 0. The molecule has 0 fully saturated rings. The lowest BCUT2D eigenvalue weighted by molar-refractivity contribution is -0.142. The summed E-state index contributed by atoms with van der Waals surface area (Å²) in [6, 6.07) is 8.85. The third kappa shape index (κ3) is 7.26. The van der Waals surface area contributed by atoms with Crippen molar-refractivity contribution >= 4 is 11.8 Å². The summed E-state index contributed by atoms with van der Waals surface area (Å²) in [5.41, 5.74) is 3.86. The van der Waals surface area contributed by atoms with Gasteiger partial charge in [-0.05, 0) is 57.6 Å². The van der Waals surface area contributed by atoms with E-state index in [0.717, 1.165) is 6.42 Å². The van der Waals surface area contributed by atoms with Gasteiger partial charge in [-0.3, -0.25) is 14.5 Å². The monoisotopic (exact) mass is 387 g/mol. The summed E-state index contributed by atoms with van der Waals surface area (Å²) in [6.07, 6.45) is 2.38. The summed E-state index contributed by atoms with van der Waals surface area (Å²) in [4.78, 5) is 24.6. The maximum atomic E-state index is 11.6. The van der Waals surface area contributed by atoms with Crippen molar-refractivity contribution in [2.75, 3.05) is 0 Å². The van der Waals surface area contributed by atoms with Gasteiger partial charge in [0.1, 0.15) is 0 Å². The van der Waals surface area contributed by atoms with Crippen LogP contribution in [0, 0.1) is 0 Å². The topological polar surface area (TPSA) is 37.4 Å². The van der Waals surface area contributed by atoms with Gasteiger partial charge >= 0.3 is 0 Å². The van der Waals surface area contributed by atoms with Crippen LogP contribution in [0.2, 0.25) is 0 Å². The van der Waals surface area contributed by atoms with E-state index in [1.807, 2.05) is 20.8 Å². The van der Waals surface area contributed by atoms with Crippen molar-refractivity contribution in [2.45, 2.75) is 100.0 Å². The van der Waals surface area contributed by atoms with E-state index in [9.17, 15) is 9.59 Å². The molecule has 0 atom stereocenters. The Hall–Kier alpha value is -1.90. The lowest BCUT2D eigenvalue weighted by atomic mass is 9.86. The van der Waals surface area contributed by atoms with Crippen LogP contribution in [0.5, 0.6) is 0 Å². The minimum atomic E-state index is -0.423. The molecule has 1 aromatic carbocycles. The first-order valence-electron chi connectivity index (χ1n) is 10.4. The van der Waals surface area contributed by atoms with E-state index in [-0.39, 0.29) is 17.2 Å². The normalized spacial score (nSPS) is 14.5. The SMILES string of the molecule is CC1=C(C)C(=O)N(C(C)(C)C)C1=O.CCC.CCc1cccc(C(C)(C)C)c1. The summed E-state index contributed by atoms with van der Waals surface area (Å²) in [5.74, 6) is -0.315. The van der Waals surface area contributed by atoms with Crippen LogP contribution in [0.1, 0.15) is 93.7 Å². The maximum absolute atomic E-state index is 11.6. The highest BCUT2D eigenvalue weighted by atomic mass is 16.2. The Morgan fingerprint density at radius 3 is 1.54 bits per heavy atom. The van der Waals surface area contributed by atoms with E-state index in [2.05, 4.69) is 65.8 Å². The number of amides is 2. The van der Waals surface area contributed by atoms with Crippen LogP contribution in [0.25, 0.3) is 0 Å². The number of benzene rings is 1. The molecule has 0 N–H and O–H groups in total. The molecule has 0 unspecified atom stereocenters. The molecular formula is C25H41NO2. The second-order valence-corrected chi connectivity index (χ2v) is 9.38. The average Bonchev–Trinajstić information content (AvgIpc) is 2.78. The first kappa shape index (κ1) is 26.1. The fourth-order valence-electron chi connectivity index (χ4n) is 2.62. The summed E-state index contributed by atoms with van der Waals surface area (Å²) in [5, 5.41) is 0. The molecule has 3 heteroatoms. The molecule has 1 aliphatic heterocycles. The molecule has 0 saturated heterocycles. The first-order chi connectivity index (χ1) is 12.7. The van der Waals surface area contributed by atoms with Crippen molar-refractivity contribution in [1.29, 1.82) is 0 Å². The first-order valence-corrected chi connectivity index (χ1v) is 10.4. The third-order valence-electron chi connectivity index (χ3n) is 4.48. The molecule has 0 spiro atoms. The largest absolute Gasteiger partial charge is 0.270 e. The van der Waals surface area contributed by atoms with Crippen molar-refractivity contribution in [3.05, 3.63) is 46.5 Å². The van der Waals surface area contributed by atoms with Gasteiger partial charge in [-0.2, -0.15) is 0 Å². The van der Waals surface area contributed by atoms with Crippen LogP contribution in [0.15, 0.2) is 35.4 Å². The summed E-state index contributed by atoms with van der Waals surface area (Å²) in [7, 11) is 0. The number of imide groups is 1. The molecule has 0 aromatic heterocycles. The van der Waals surface area contributed by atoms with E-state index in [1.54, 1.807) is 13.8 Å². The number of nitrogens with zero attached hydrogens (tertiary/aromatic N) is 1. The average molecular weight is 388 g/mol. The van der Waals surface area contributed by atoms with E-state index in [0.29, 0.717) is 11.1 Å². The fraction of sp³-hybridized carbons (Fsp3) is 0.600. The molecule has 0 aliphatic carbocycles. The van der Waals surface area contributed by atoms with Gasteiger partial charge < -0.3 is 0 Å². The van der Waals surface area contributed by atoms with Crippen LogP contribution in [-0.2, 0) is 21.4 Å². The third-order valence-corrected chi connectivity index (χ3v) is 4.48. The van der Waals surface area contributed by atoms with Gasteiger partial charge in [0, 0.05) is 16.7 Å². The van der Waals surface area contributed by atoms with Crippen molar-refractivity contribution in [3.63, 3.8) is 0 Å². The van der Waals surface area contributed by atoms with Crippen LogP contribution >= 0.6 is 0 Å². The zero-order valence-electron chi connectivity index (χ0n) is 20.0. The molecule has 1 aromatic rings. The number of aryl methyl sites for hydroxylation is 1. The molecule has 3 nitrogen and oxygen atoms in total. The van der Waals surface area contributed by atoms with Crippen molar-refractivity contribution in [2.24, 2.45) is 0 Å². The summed E-state index contributed by atoms with van der Waals surface area (Å²) in [6.45, 7) is 22.2. The van der Waals surface area contributed by atoms with E-state index < -0.39 is 5.54 Å². The Kier molecular flexibility index (Phi) is 9.87. The number of carbonyl (C=O) groups is 2. The molecule has 2 amide bonds. The zero-order chi connectivity index (χ0) is 22.3. The van der Waals surface area contributed by atoms with Gasteiger partial charge in [0.25, 0.3) is 11.8 Å². The molecular weight excluding hydrogens is 346 g/mol. The summed E-state index contributed by atoms with van der Waals surface area (Å²) < 4.78 is 0. The highest BCUT2D eigenvalue weighted by molar-refractivity contribution is 6.19. The van der Waals surface area contributed by atoms with E-state index in [4.69, 9.17) is 0 Å². The second-order valence-electron chi connectivity index (χ2n) is 9.38. The molecule has 0 radical (unpaired) electrons. The van der Waals surface area contributed by atoms with Crippen molar-refractivity contribution in [3.8, 4) is 0 Å². The minimum Gasteiger partial charge on any atom is -0.270 e. The van der Waals surface area contributed by atoms with Gasteiger partial charge in [0.15, 0.2) is 0 Å². The number of hydrogen-bond donors (Lipinski definition) is 0. The molecule has 158 valence electrons. The van der Waals surface area contributed by atoms with Gasteiger partial charge in [0.05, 0.1) is 0 Å². The molecule has 0 bridgehead atoms. The number of carbonyl (C=O) groups excluding carboxylic acids is 2. The Bertz CT molecular complexity index is 676. The Morgan fingerprint density at radius 2 is 1.25 bits per heavy atom. The predicted molar refractivity (Wildman–Crippen MR) is 120 cm³/mol. The lowest BCUT2D eigenvalue weighted by Gasteiger charge is -2.30. The van der Waals surface area contributed by atoms with E-state index >= 15 is 0 Å². The molecule has 1 heterocycles. The van der Waals surface area contributed by atoms with Gasteiger partial charge in [0.2, 0.25) is 0 Å². The number of hydrogen-bond acceptors (Lipinski definition) is 2. The number of rotatable bonds is 1. The van der Waals surface area contributed by atoms with Crippen LogP contribution < -0.4 is 0 Å². The quantitative estimate of drug-likeness (QED) is 0.519. The predicted octanol–water partition coefficient (Wildman–Crippen LogP) is 6.45. The Labute approximate surface area is 173 Å². The Balaban J connectivity index is 0.000000458. The maximum Gasteiger partial charge on any atom is 0.257 e. The van der Waals surface area contributed by atoms with Gasteiger partial charge in [-0.1, -0.05) is 72.2 Å². The molecule has 0 saturated carbocycles. The Morgan fingerprint density at radius 1 is 0.821 bits per heavy atom. The highest BCUT2D eigenvalue weighted by Gasteiger charge is 2.39. The molecule has 28 heavy (non-hydrogen) atoms. The van der Waals surface area contributed by atoms with Gasteiger partial charge in [-0.25, -0.2) is 0 Å². The van der Waals surface area contributed by atoms with E-state index in [1.165, 1.54) is 22.4 Å². The van der Waals surface area contributed by atoms with Crippen LogP contribution in [-0.4, -0.2) is 22.3 Å². The molecule has 2 rings (SSSR count). The van der Waals surface area contributed by atoms with Crippen LogP contribution in [0.3, 0.4) is 0 Å².